The van der Waals surface area contributed by atoms with Crippen molar-refractivity contribution < 1.29 is 4.74 Å². The predicted octanol–water partition coefficient (Wildman–Crippen LogP) is 5.37. The van der Waals surface area contributed by atoms with Crippen LogP contribution < -0.4 is 15.4 Å². The van der Waals surface area contributed by atoms with E-state index in [9.17, 15) is 0 Å². The van der Waals surface area contributed by atoms with Gasteiger partial charge in [-0.15, -0.1) is 0 Å². The zero-order valence-electron chi connectivity index (χ0n) is 15.3. The van der Waals surface area contributed by atoms with E-state index in [-0.39, 0.29) is 0 Å². The molecule has 0 heterocycles. The zero-order valence-corrected chi connectivity index (χ0v) is 15.3. The van der Waals surface area contributed by atoms with Crippen molar-refractivity contribution in [2.24, 2.45) is 5.92 Å². The van der Waals surface area contributed by atoms with Crippen molar-refractivity contribution in [1.29, 1.82) is 0 Å². The molecule has 2 aromatic carbocycles. The molecule has 2 rings (SSSR count). The maximum absolute atomic E-state index is 5.77. The molecule has 0 saturated carbocycles. The third-order valence-electron chi connectivity index (χ3n) is 3.77. The van der Waals surface area contributed by atoms with Gasteiger partial charge in [0, 0.05) is 30.5 Å². The minimum absolute atomic E-state index is 0.524. The molecule has 0 amide bonds. The van der Waals surface area contributed by atoms with Gasteiger partial charge < -0.3 is 15.4 Å². The molecule has 0 radical (unpaired) electrons. The van der Waals surface area contributed by atoms with Crippen LogP contribution in [0.4, 0.5) is 11.4 Å². The minimum Gasteiger partial charge on any atom is -0.493 e. The normalized spacial score (nSPS) is 10.9. The van der Waals surface area contributed by atoms with Crippen molar-refractivity contribution in [3.63, 3.8) is 0 Å². The summed E-state index contributed by atoms with van der Waals surface area (Å²) in [6.07, 6.45) is 0. The molecule has 0 unspecified atom stereocenters. The molecule has 130 valence electrons. The van der Waals surface area contributed by atoms with E-state index in [1.165, 1.54) is 11.3 Å². The quantitative estimate of drug-likeness (QED) is 0.608. The standard InChI is InChI=1S/C21H30N2O/c1-16(2)15-24-19-9-7-8-18(14-19)22-12-13-23-21-11-6-5-10-20(21)17(3)4/h5-11,14,16-17,22-23H,12-13,15H2,1-4H3. The van der Waals surface area contributed by atoms with Gasteiger partial charge in [-0.2, -0.15) is 0 Å². The Morgan fingerprint density at radius 3 is 2.38 bits per heavy atom. The Labute approximate surface area is 146 Å². The van der Waals surface area contributed by atoms with Crippen molar-refractivity contribution in [2.45, 2.75) is 33.6 Å². The lowest BCUT2D eigenvalue weighted by atomic mass is 10.0. The number of rotatable bonds is 9. The number of nitrogens with one attached hydrogen (secondary N) is 2. The van der Waals surface area contributed by atoms with Gasteiger partial charge in [-0.1, -0.05) is 52.0 Å². The fourth-order valence-corrected chi connectivity index (χ4v) is 2.52. The van der Waals surface area contributed by atoms with Crippen LogP contribution in [0.2, 0.25) is 0 Å². The molecule has 3 heteroatoms. The van der Waals surface area contributed by atoms with E-state index in [2.05, 4.69) is 74.7 Å². The molecule has 0 aliphatic heterocycles. The van der Waals surface area contributed by atoms with E-state index >= 15 is 0 Å². The van der Waals surface area contributed by atoms with E-state index in [4.69, 9.17) is 4.74 Å². The van der Waals surface area contributed by atoms with Crippen LogP contribution in [-0.2, 0) is 0 Å². The SMILES string of the molecule is CC(C)COc1cccc(NCCNc2ccccc2C(C)C)c1. The third kappa shape index (κ3) is 5.80. The van der Waals surface area contributed by atoms with E-state index in [0.29, 0.717) is 11.8 Å². The van der Waals surface area contributed by atoms with Gasteiger partial charge in [0.2, 0.25) is 0 Å². The first-order valence-corrected chi connectivity index (χ1v) is 8.85. The van der Waals surface area contributed by atoms with Crippen LogP contribution in [0.1, 0.15) is 39.2 Å². The highest BCUT2D eigenvalue weighted by Crippen LogP contribution is 2.23. The molecule has 0 spiro atoms. The van der Waals surface area contributed by atoms with Crippen LogP contribution in [-0.4, -0.2) is 19.7 Å². The van der Waals surface area contributed by atoms with Crippen molar-refractivity contribution in [1.82, 2.24) is 0 Å². The molecule has 0 saturated heterocycles. The summed E-state index contributed by atoms with van der Waals surface area (Å²) in [6.45, 7) is 11.2. The number of ether oxygens (including phenoxy) is 1. The molecule has 3 nitrogen and oxygen atoms in total. The topological polar surface area (TPSA) is 33.3 Å². The van der Waals surface area contributed by atoms with Gasteiger partial charge in [0.1, 0.15) is 5.75 Å². The van der Waals surface area contributed by atoms with Gasteiger partial charge in [-0.3, -0.25) is 0 Å². The Bertz CT molecular complexity index is 623. The molecule has 0 bridgehead atoms. The van der Waals surface area contributed by atoms with E-state index in [0.717, 1.165) is 31.1 Å². The largest absolute Gasteiger partial charge is 0.493 e. The number of para-hydroxylation sites is 1. The number of anilines is 2. The number of hydrogen-bond acceptors (Lipinski definition) is 3. The van der Waals surface area contributed by atoms with Crippen molar-refractivity contribution in [3.05, 3.63) is 54.1 Å². The summed E-state index contributed by atoms with van der Waals surface area (Å²) in [6, 6.07) is 16.7. The summed E-state index contributed by atoms with van der Waals surface area (Å²) in [5, 5.41) is 6.97. The number of benzene rings is 2. The van der Waals surface area contributed by atoms with Gasteiger partial charge >= 0.3 is 0 Å². The van der Waals surface area contributed by atoms with Crippen LogP contribution in [0.5, 0.6) is 5.75 Å². The monoisotopic (exact) mass is 326 g/mol. The van der Waals surface area contributed by atoms with Crippen molar-refractivity contribution in [2.75, 3.05) is 30.3 Å². The lowest BCUT2D eigenvalue weighted by Crippen LogP contribution is -2.14. The average molecular weight is 326 g/mol. The van der Waals surface area contributed by atoms with Gasteiger partial charge in [-0.25, -0.2) is 0 Å². The molecule has 2 aromatic rings. The Hall–Kier alpha value is -2.16. The molecule has 0 aliphatic rings. The first kappa shape index (κ1) is 18.2. The zero-order chi connectivity index (χ0) is 17.4. The maximum Gasteiger partial charge on any atom is 0.121 e. The lowest BCUT2D eigenvalue weighted by molar-refractivity contribution is 0.271. The molecule has 0 aliphatic carbocycles. The van der Waals surface area contributed by atoms with Crippen molar-refractivity contribution >= 4 is 11.4 Å². The highest BCUT2D eigenvalue weighted by Gasteiger charge is 2.04. The van der Waals surface area contributed by atoms with E-state index in [1.807, 2.05) is 12.1 Å². The van der Waals surface area contributed by atoms with Gasteiger partial charge in [-0.05, 0) is 35.6 Å². The van der Waals surface area contributed by atoms with Crippen LogP contribution in [0, 0.1) is 5.92 Å². The predicted molar refractivity (Wildman–Crippen MR) is 104 cm³/mol. The summed E-state index contributed by atoms with van der Waals surface area (Å²) in [7, 11) is 0. The fourth-order valence-electron chi connectivity index (χ4n) is 2.52. The van der Waals surface area contributed by atoms with E-state index in [1.54, 1.807) is 0 Å². The smallest absolute Gasteiger partial charge is 0.121 e. The lowest BCUT2D eigenvalue weighted by Gasteiger charge is -2.15. The Kier molecular flexibility index (Phi) is 6.98. The molecular weight excluding hydrogens is 296 g/mol. The van der Waals surface area contributed by atoms with Gasteiger partial charge in [0.25, 0.3) is 0 Å². The highest BCUT2D eigenvalue weighted by atomic mass is 16.5. The second-order valence-corrected chi connectivity index (χ2v) is 6.83. The Balaban J connectivity index is 1.81. The first-order valence-electron chi connectivity index (χ1n) is 8.85. The third-order valence-corrected chi connectivity index (χ3v) is 3.77. The molecule has 0 fully saturated rings. The van der Waals surface area contributed by atoms with Crippen molar-refractivity contribution in [3.8, 4) is 5.75 Å². The van der Waals surface area contributed by atoms with Crippen LogP contribution in [0.25, 0.3) is 0 Å². The molecule has 0 aromatic heterocycles. The minimum atomic E-state index is 0.524. The van der Waals surface area contributed by atoms with Gasteiger partial charge in [0.15, 0.2) is 0 Å². The summed E-state index contributed by atoms with van der Waals surface area (Å²) in [5.41, 5.74) is 3.68. The second-order valence-electron chi connectivity index (χ2n) is 6.83. The van der Waals surface area contributed by atoms with E-state index < -0.39 is 0 Å². The highest BCUT2D eigenvalue weighted by molar-refractivity contribution is 5.53. The maximum atomic E-state index is 5.77. The Morgan fingerprint density at radius 2 is 1.62 bits per heavy atom. The summed E-state index contributed by atoms with van der Waals surface area (Å²) in [4.78, 5) is 0. The molecular formula is C21H30N2O. The Morgan fingerprint density at radius 1 is 0.875 bits per heavy atom. The van der Waals surface area contributed by atoms with Gasteiger partial charge in [0.05, 0.1) is 6.61 Å². The first-order chi connectivity index (χ1) is 11.6. The molecule has 24 heavy (non-hydrogen) atoms. The summed E-state index contributed by atoms with van der Waals surface area (Å²) < 4.78 is 5.77. The second kappa shape index (κ2) is 9.21. The average Bonchev–Trinajstić information content (AvgIpc) is 2.57. The van der Waals surface area contributed by atoms with Crippen LogP contribution >= 0.6 is 0 Å². The number of hydrogen-bond donors (Lipinski definition) is 2. The molecule has 0 atom stereocenters. The molecule has 2 N–H and O–H groups in total. The fraction of sp³-hybridized carbons (Fsp3) is 0.429. The van der Waals surface area contributed by atoms with Crippen LogP contribution in [0.3, 0.4) is 0 Å². The summed E-state index contributed by atoms with van der Waals surface area (Å²) in [5.74, 6) is 1.98. The van der Waals surface area contributed by atoms with Crippen LogP contribution in [0.15, 0.2) is 48.5 Å². The summed E-state index contributed by atoms with van der Waals surface area (Å²) >= 11 is 0.